The predicted octanol–water partition coefficient (Wildman–Crippen LogP) is 2.77. The second kappa shape index (κ2) is 5.72. The summed E-state index contributed by atoms with van der Waals surface area (Å²) < 4.78 is 0. The van der Waals surface area contributed by atoms with E-state index in [1.54, 1.807) is 24.3 Å². The predicted molar refractivity (Wildman–Crippen MR) is 71.8 cm³/mol. The quantitative estimate of drug-likeness (QED) is 0.885. The summed E-state index contributed by atoms with van der Waals surface area (Å²) in [6, 6.07) is 6.74. The van der Waals surface area contributed by atoms with Crippen LogP contribution in [0.2, 0.25) is 5.02 Å². The highest BCUT2D eigenvalue weighted by Gasteiger charge is 2.29. The van der Waals surface area contributed by atoms with Gasteiger partial charge < -0.3 is 10.4 Å². The molecule has 0 saturated heterocycles. The molecular formula is C14H18ClNO2. The summed E-state index contributed by atoms with van der Waals surface area (Å²) >= 11 is 5.77. The molecule has 1 saturated carbocycles. The lowest BCUT2D eigenvalue weighted by atomic mass is 9.85. The molecule has 0 spiro atoms. The Morgan fingerprint density at radius 1 is 1.22 bits per heavy atom. The number of hydrogen-bond acceptors (Lipinski definition) is 2. The number of nitrogens with one attached hydrogen (secondary N) is 1. The second-order valence-electron chi connectivity index (χ2n) is 4.97. The van der Waals surface area contributed by atoms with Gasteiger partial charge in [-0.3, -0.25) is 4.79 Å². The standard InChI is InChI=1S/C14H18ClNO2/c15-12-6-4-11(5-7-12)13(17)16-10-14(18)8-2-1-3-9-14/h4-7,18H,1-3,8-10H2,(H,16,17). The van der Waals surface area contributed by atoms with Crippen molar-refractivity contribution in [3.63, 3.8) is 0 Å². The molecule has 0 radical (unpaired) electrons. The second-order valence-corrected chi connectivity index (χ2v) is 5.41. The summed E-state index contributed by atoms with van der Waals surface area (Å²) in [6.07, 6.45) is 4.79. The summed E-state index contributed by atoms with van der Waals surface area (Å²) in [5.74, 6) is -0.161. The fourth-order valence-corrected chi connectivity index (χ4v) is 2.46. The van der Waals surface area contributed by atoms with Crippen LogP contribution in [0.5, 0.6) is 0 Å². The Balaban J connectivity index is 1.89. The van der Waals surface area contributed by atoms with Crippen molar-refractivity contribution < 1.29 is 9.90 Å². The SMILES string of the molecule is O=C(NCC1(O)CCCCC1)c1ccc(Cl)cc1. The van der Waals surface area contributed by atoms with Gasteiger partial charge in [0.15, 0.2) is 0 Å². The molecule has 0 aromatic heterocycles. The van der Waals surface area contributed by atoms with E-state index in [9.17, 15) is 9.90 Å². The first kappa shape index (κ1) is 13.4. The van der Waals surface area contributed by atoms with Crippen LogP contribution < -0.4 is 5.32 Å². The Bertz CT molecular complexity index is 410. The zero-order valence-electron chi connectivity index (χ0n) is 10.3. The van der Waals surface area contributed by atoms with E-state index in [-0.39, 0.29) is 5.91 Å². The number of halogens is 1. The van der Waals surface area contributed by atoms with Crippen LogP contribution >= 0.6 is 11.6 Å². The van der Waals surface area contributed by atoms with Crippen LogP contribution in [-0.2, 0) is 0 Å². The minimum atomic E-state index is -0.722. The topological polar surface area (TPSA) is 49.3 Å². The van der Waals surface area contributed by atoms with Gasteiger partial charge in [0, 0.05) is 17.1 Å². The van der Waals surface area contributed by atoms with Crippen LogP contribution in [0.4, 0.5) is 0 Å². The van der Waals surface area contributed by atoms with Gasteiger partial charge in [-0.15, -0.1) is 0 Å². The summed E-state index contributed by atoms with van der Waals surface area (Å²) in [5.41, 5.74) is -0.154. The monoisotopic (exact) mass is 267 g/mol. The van der Waals surface area contributed by atoms with Crippen molar-refractivity contribution in [3.8, 4) is 0 Å². The number of hydrogen-bond donors (Lipinski definition) is 2. The molecule has 98 valence electrons. The third kappa shape index (κ3) is 3.47. The van der Waals surface area contributed by atoms with Gasteiger partial charge in [-0.1, -0.05) is 30.9 Å². The molecule has 0 bridgehead atoms. The highest BCUT2D eigenvalue weighted by atomic mass is 35.5. The molecule has 4 heteroatoms. The molecule has 0 heterocycles. The van der Waals surface area contributed by atoms with Crippen LogP contribution in [-0.4, -0.2) is 23.2 Å². The smallest absolute Gasteiger partial charge is 0.251 e. The van der Waals surface area contributed by atoms with Gasteiger partial charge >= 0.3 is 0 Å². The molecule has 0 atom stereocenters. The number of aliphatic hydroxyl groups is 1. The fourth-order valence-electron chi connectivity index (χ4n) is 2.33. The van der Waals surface area contributed by atoms with E-state index >= 15 is 0 Å². The van der Waals surface area contributed by atoms with E-state index in [0.29, 0.717) is 17.1 Å². The molecule has 1 aromatic rings. The van der Waals surface area contributed by atoms with E-state index in [4.69, 9.17) is 11.6 Å². The summed E-state index contributed by atoms with van der Waals surface area (Å²) in [7, 11) is 0. The molecule has 0 unspecified atom stereocenters. The third-order valence-electron chi connectivity index (χ3n) is 3.47. The molecule has 1 aliphatic carbocycles. The Labute approximate surface area is 112 Å². The van der Waals surface area contributed by atoms with Gasteiger partial charge in [-0.05, 0) is 37.1 Å². The molecule has 3 nitrogen and oxygen atoms in total. The largest absolute Gasteiger partial charge is 0.388 e. The average Bonchev–Trinajstić information content (AvgIpc) is 2.38. The van der Waals surface area contributed by atoms with Gasteiger partial charge in [0.1, 0.15) is 0 Å². The van der Waals surface area contributed by atoms with Crippen LogP contribution in [0.1, 0.15) is 42.5 Å². The lowest BCUT2D eigenvalue weighted by Crippen LogP contribution is -2.44. The molecule has 2 rings (SSSR count). The van der Waals surface area contributed by atoms with E-state index in [2.05, 4.69) is 5.32 Å². The van der Waals surface area contributed by atoms with Gasteiger partial charge in [0.25, 0.3) is 5.91 Å². The summed E-state index contributed by atoms with van der Waals surface area (Å²) in [6.45, 7) is 0.328. The molecule has 0 aliphatic heterocycles. The van der Waals surface area contributed by atoms with Crippen LogP contribution in [0, 0.1) is 0 Å². The van der Waals surface area contributed by atoms with Crippen molar-refractivity contribution in [2.75, 3.05) is 6.54 Å². The van der Waals surface area contributed by atoms with E-state index < -0.39 is 5.60 Å². The van der Waals surface area contributed by atoms with E-state index in [1.165, 1.54) is 6.42 Å². The zero-order valence-corrected chi connectivity index (χ0v) is 11.0. The van der Waals surface area contributed by atoms with Gasteiger partial charge in [-0.2, -0.15) is 0 Å². The van der Waals surface area contributed by atoms with Crippen LogP contribution in [0.15, 0.2) is 24.3 Å². The molecule has 1 amide bonds. The average molecular weight is 268 g/mol. The maximum atomic E-state index is 11.9. The van der Waals surface area contributed by atoms with Crippen molar-refractivity contribution in [3.05, 3.63) is 34.9 Å². The first-order valence-electron chi connectivity index (χ1n) is 6.35. The van der Waals surface area contributed by atoms with Gasteiger partial charge in [0.2, 0.25) is 0 Å². The Hall–Kier alpha value is -1.06. The molecule has 2 N–H and O–H groups in total. The van der Waals surface area contributed by atoms with Crippen molar-refractivity contribution in [1.82, 2.24) is 5.32 Å². The highest BCUT2D eigenvalue weighted by molar-refractivity contribution is 6.30. The van der Waals surface area contributed by atoms with Crippen molar-refractivity contribution >= 4 is 17.5 Å². The number of amides is 1. The van der Waals surface area contributed by atoms with Gasteiger partial charge in [0.05, 0.1) is 5.60 Å². The summed E-state index contributed by atoms with van der Waals surface area (Å²) in [4.78, 5) is 11.9. The Morgan fingerprint density at radius 2 is 1.83 bits per heavy atom. The minimum Gasteiger partial charge on any atom is -0.388 e. The Morgan fingerprint density at radius 3 is 2.44 bits per heavy atom. The lowest BCUT2D eigenvalue weighted by molar-refractivity contribution is 0.00526. The van der Waals surface area contributed by atoms with Crippen molar-refractivity contribution in [2.24, 2.45) is 0 Å². The minimum absolute atomic E-state index is 0.161. The van der Waals surface area contributed by atoms with Crippen LogP contribution in [0.3, 0.4) is 0 Å². The number of benzene rings is 1. The number of rotatable bonds is 3. The van der Waals surface area contributed by atoms with E-state index in [0.717, 1.165) is 25.7 Å². The molecule has 1 fully saturated rings. The molecule has 1 aliphatic rings. The molecule has 1 aromatic carbocycles. The first-order valence-corrected chi connectivity index (χ1v) is 6.73. The zero-order chi connectivity index (χ0) is 13.0. The molecule has 18 heavy (non-hydrogen) atoms. The number of carbonyl (C=O) groups excluding carboxylic acids is 1. The lowest BCUT2D eigenvalue weighted by Gasteiger charge is -2.32. The van der Waals surface area contributed by atoms with Gasteiger partial charge in [-0.25, -0.2) is 0 Å². The normalized spacial score (nSPS) is 18.3. The van der Waals surface area contributed by atoms with Crippen molar-refractivity contribution in [1.29, 1.82) is 0 Å². The maximum absolute atomic E-state index is 11.9. The molecular weight excluding hydrogens is 250 g/mol. The highest BCUT2D eigenvalue weighted by Crippen LogP contribution is 2.27. The Kier molecular flexibility index (Phi) is 4.25. The van der Waals surface area contributed by atoms with Crippen molar-refractivity contribution in [2.45, 2.75) is 37.7 Å². The first-order chi connectivity index (χ1) is 8.59. The summed E-state index contributed by atoms with van der Waals surface area (Å²) in [5, 5.41) is 13.7. The van der Waals surface area contributed by atoms with E-state index in [1.807, 2.05) is 0 Å². The third-order valence-corrected chi connectivity index (χ3v) is 3.72. The fraction of sp³-hybridized carbons (Fsp3) is 0.500. The van der Waals surface area contributed by atoms with Crippen LogP contribution in [0.25, 0.3) is 0 Å². The maximum Gasteiger partial charge on any atom is 0.251 e. The number of carbonyl (C=O) groups is 1.